The van der Waals surface area contributed by atoms with E-state index in [-0.39, 0.29) is 0 Å². The molecule has 1 aromatic heterocycles. The van der Waals surface area contributed by atoms with Crippen molar-refractivity contribution in [3.8, 4) is 0 Å². The molecule has 1 heterocycles. The maximum atomic E-state index is 11.2. The first-order valence-corrected chi connectivity index (χ1v) is 7.93. The number of aromatic carboxylic acids is 1. The fourth-order valence-corrected chi connectivity index (χ4v) is 3.37. The summed E-state index contributed by atoms with van der Waals surface area (Å²) in [7, 11) is 1.70. The molecule has 0 amide bonds. The number of rotatable bonds is 5. The molecule has 0 unspecified atom stereocenters. The Morgan fingerprint density at radius 1 is 1.36 bits per heavy atom. The number of hydrogen-bond donors (Lipinski definition) is 1. The van der Waals surface area contributed by atoms with E-state index in [1.54, 1.807) is 19.2 Å². The zero-order valence-electron chi connectivity index (χ0n) is 12.9. The highest BCUT2D eigenvalue weighted by molar-refractivity contribution is 5.92. The van der Waals surface area contributed by atoms with Crippen molar-refractivity contribution in [2.45, 2.75) is 44.6 Å². The molecule has 0 spiro atoms. The van der Waals surface area contributed by atoms with Crippen LogP contribution in [0.4, 0.5) is 0 Å². The summed E-state index contributed by atoms with van der Waals surface area (Å²) in [6.45, 7) is 1.39. The van der Waals surface area contributed by atoms with E-state index < -0.39 is 5.97 Å². The molecule has 2 aromatic rings. The first-order chi connectivity index (χ1) is 10.7. The number of carboxylic acid groups (broad SMARTS) is 1. The highest BCUT2D eigenvalue weighted by Gasteiger charge is 2.22. The van der Waals surface area contributed by atoms with Gasteiger partial charge in [0.2, 0.25) is 0 Å². The molecular weight excluding hydrogens is 280 g/mol. The number of aromatic nitrogens is 2. The Bertz CT molecular complexity index is 672. The lowest BCUT2D eigenvalue weighted by Crippen LogP contribution is -2.14. The number of benzene rings is 1. The molecule has 1 fully saturated rings. The summed E-state index contributed by atoms with van der Waals surface area (Å²) in [6.07, 6.45) is 6.14. The summed E-state index contributed by atoms with van der Waals surface area (Å²) in [5.74, 6) is 0.660. The van der Waals surface area contributed by atoms with Gasteiger partial charge >= 0.3 is 5.97 Å². The van der Waals surface area contributed by atoms with E-state index in [0.29, 0.717) is 18.1 Å². The van der Waals surface area contributed by atoms with Crippen molar-refractivity contribution < 1.29 is 14.6 Å². The van der Waals surface area contributed by atoms with E-state index in [1.165, 1.54) is 32.1 Å². The molecule has 0 aliphatic heterocycles. The summed E-state index contributed by atoms with van der Waals surface area (Å²) < 4.78 is 7.43. The molecule has 1 saturated carbocycles. The number of carbonyl (C=O) groups is 1. The van der Waals surface area contributed by atoms with E-state index >= 15 is 0 Å². The van der Waals surface area contributed by atoms with E-state index in [1.807, 2.05) is 6.07 Å². The number of fused-ring (bicyclic) bond motifs is 1. The standard InChI is InChI=1S/C17H22N2O3/c1-22-10-9-19-15-8-7-13(17(20)21)11-14(15)18-16(19)12-5-3-2-4-6-12/h7-8,11-12H,2-6,9-10H2,1H3,(H,20,21). The number of ether oxygens (including phenoxy) is 1. The topological polar surface area (TPSA) is 64.4 Å². The molecule has 3 rings (SSSR count). The third kappa shape index (κ3) is 2.86. The summed E-state index contributed by atoms with van der Waals surface area (Å²) in [4.78, 5) is 15.9. The van der Waals surface area contributed by atoms with Crippen LogP contribution in [-0.2, 0) is 11.3 Å². The molecule has 0 saturated heterocycles. The zero-order valence-corrected chi connectivity index (χ0v) is 12.9. The first-order valence-electron chi connectivity index (χ1n) is 7.93. The van der Waals surface area contributed by atoms with Crippen LogP contribution in [0.15, 0.2) is 18.2 Å². The Morgan fingerprint density at radius 2 is 2.14 bits per heavy atom. The molecular formula is C17H22N2O3. The molecule has 1 aromatic carbocycles. The van der Waals surface area contributed by atoms with Gasteiger partial charge in [-0.3, -0.25) is 0 Å². The van der Waals surface area contributed by atoms with Crippen molar-refractivity contribution in [1.29, 1.82) is 0 Å². The van der Waals surface area contributed by atoms with Gasteiger partial charge in [0.15, 0.2) is 0 Å². The second-order valence-electron chi connectivity index (χ2n) is 5.96. The molecule has 22 heavy (non-hydrogen) atoms. The highest BCUT2D eigenvalue weighted by atomic mass is 16.5. The van der Waals surface area contributed by atoms with Gasteiger partial charge < -0.3 is 14.4 Å². The van der Waals surface area contributed by atoms with Crippen LogP contribution in [0.25, 0.3) is 11.0 Å². The minimum atomic E-state index is -0.910. The number of imidazole rings is 1. The van der Waals surface area contributed by atoms with Gasteiger partial charge in [-0.05, 0) is 31.0 Å². The molecule has 0 bridgehead atoms. The SMILES string of the molecule is COCCn1c(C2CCCCC2)nc2cc(C(=O)O)ccc21. The van der Waals surface area contributed by atoms with E-state index in [9.17, 15) is 4.79 Å². The predicted octanol–water partition coefficient (Wildman–Crippen LogP) is 3.43. The average Bonchev–Trinajstić information content (AvgIpc) is 2.91. The van der Waals surface area contributed by atoms with E-state index in [4.69, 9.17) is 14.8 Å². The molecule has 5 heteroatoms. The summed E-state index contributed by atoms with van der Waals surface area (Å²) in [5, 5.41) is 9.16. The predicted molar refractivity (Wildman–Crippen MR) is 84.4 cm³/mol. The monoisotopic (exact) mass is 302 g/mol. The third-order valence-electron chi connectivity index (χ3n) is 4.51. The van der Waals surface area contributed by atoms with E-state index in [0.717, 1.165) is 23.4 Å². The highest BCUT2D eigenvalue weighted by Crippen LogP contribution is 2.34. The van der Waals surface area contributed by atoms with Crippen molar-refractivity contribution in [2.24, 2.45) is 0 Å². The van der Waals surface area contributed by atoms with Crippen LogP contribution >= 0.6 is 0 Å². The maximum absolute atomic E-state index is 11.2. The molecule has 1 N–H and O–H groups in total. The largest absolute Gasteiger partial charge is 0.478 e. The van der Waals surface area contributed by atoms with Crippen LogP contribution in [0.5, 0.6) is 0 Å². The van der Waals surface area contributed by atoms with Crippen LogP contribution in [0.1, 0.15) is 54.2 Å². The van der Waals surface area contributed by atoms with Crippen LogP contribution in [-0.4, -0.2) is 34.3 Å². The average molecular weight is 302 g/mol. The Balaban J connectivity index is 2.05. The molecule has 0 radical (unpaired) electrons. The van der Waals surface area contributed by atoms with Crippen molar-refractivity contribution in [3.63, 3.8) is 0 Å². The van der Waals surface area contributed by atoms with Gasteiger partial charge in [-0.25, -0.2) is 9.78 Å². The van der Waals surface area contributed by atoms with E-state index in [2.05, 4.69) is 4.57 Å². The maximum Gasteiger partial charge on any atom is 0.335 e. The number of hydrogen-bond acceptors (Lipinski definition) is 3. The minimum absolute atomic E-state index is 0.291. The Morgan fingerprint density at radius 3 is 2.82 bits per heavy atom. The zero-order chi connectivity index (χ0) is 15.5. The lowest BCUT2D eigenvalue weighted by atomic mass is 9.88. The van der Waals surface area contributed by atoms with Gasteiger partial charge in [0.25, 0.3) is 0 Å². The summed E-state index contributed by atoms with van der Waals surface area (Å²) in [6, 6.07) is 5.20. The van der Waals surface area contributed by atoms with Crippen LogP contribution < -0.4 is 0 Å². The molecule has 0 atom stereocenters. The molecule has 5 nitrogen and oxygen atoms in total. The minimum Gasteiger partial charge on any atom is -0.478 e. The van der Waals surface area contributed by atoms with Crippen molar-refractivity contribution in [1.82, 2.24) is 9.55 Å². The fourth-order valence-electron chi connectivity index (χ4n) is 3.37. The Hall–Kier alpha value is -1.88. The second-order valence-corrected chi connectivity index (χ2v) is 5.96. The summed E-state index contributed by atoms with van der Waals surface area (Å²) >= 11 is 0. The van der Waals surface area contributed by atoms with Crippen LogP contribution in [0.3, 0.4) is 0 Å². The van der Waals surface area contributed by atoms with Gasteiger partial charge in [0.1, 0.15) is 5.82 Å². The van der Waals surface area contributed by atoms with Gasteiger partial charge in [0, 0.05) is 19.6 Å². The Kier molecular flexibility index (Phi) is 4.43. The van der Waals surface area contributed by atoms with Crippen LogP contribution in [0.2, 0.25) is 0 Å². The van der Waals surface area contributed by atoms with Crippen LogP contribution in [0, 0.1) is 0 Å². The number of carboxylic acids is 1. The van der Waals surface area contributed by atoms with Gasteiger partial charge in [-0.1, -0.05) is 19.3 Å². The normalized spacial score (nSPS) is 16.2. The molecule has 1 aliphatic carbocycles. The molecule has 118 valence electrons. The smallest absolute Gasteiger partial charge is 0.335 e. The third-order valence-corrected chi connectivity index (χ3v) is 4.51. The lowest BCUT2D eigenvalue weighted by molar-refractivity contribution is 0.0697. The second kappa shape index (κ2) is 6.48. The summed E-state index contributed by atoms with van der Waals surface area (Å²) in [5.41, 5.74) is 2.07. The number of nitrogens with zero attached hydrogens (tertiary/aromatic N) is 2. The van der Waals surface area contributed by atoms with Crippen molar-refractivity contribution in [2.75, 3.05) is 13.7 Å². The molecule has 1 aliphatic rings. The lowest BCUT2D eigenvalue weighted by Gasteiger charge is -2.22. The fraction of sp³-hybridized carbons (Fsp3) is 0.529. The van der Waals surface area contributed by atoms with Crippen molar-refractivity contribution >= 4 is 17.0 Å². The Labute approximate surface area is 129 Å². The van der Waals surface area contributed by atoms with Gasteiger partial charge in [0.05, 0.1) is 23.2 Å². The van der Waals surface area contributed by atoms with Crippen molar-refractivity contribution in [3.05, 3.63) is 29.6 Å². The first kappa shape index (κ1) is 15.0. The number of methoxy groups -OCH3 is 1. The van der Waals surface area contributed by atoms with Gasteiger partial charge in [-0.2, -0.15) is 0 Å². The van der Waals surface area contributed by atoms with Gasteiger partial charge in [-0.15, -0.1) is 0 Å². The quantitative estimate of drug-likeness (QED) is 0.919.